The standard InChI is InChI=1S/C11H18ClN3S/c1-2-15-5-3-9(4-6-15)7-13-11-14-10(12)8-16-11/h8-9H,2-7H2,1H3,(H,13,14). The molecule has 2 rings (SSSR count). The molecule has 0 aromatic carbocycles. The number of aromatic nitrogens is 1. The molecule has 1 fully saturated rings. The lowest BCUT2D eigenvalue weighted by molar-refractivity contribution is 0.198. The van der Waals surface area contributed by atoms with Gasteiger partial charge in [-0.25, -0.2) is 4.98 Å². The fraction of sp³-hybridized carbons (Fsp3) is 0.727. The predicted octanol–water partition coefficient (Wildman–Crippen LogP) is 2.94. The monoisotopic (exact) mass is 259 g/mol. The first kappa shape index (κ1) is 12.1. The zero-order chi connectivity index (χ0) is 11.4. The molecule has 90 valence electrons. The van der Waals surface area contributed by atoms with Gasteiger partial charge in [-0.3, -0.25) is 0 Å². The van der Waals surface area contributed by atoms with Crippen molar-refractivity contribution in [1.29, 1.82) is 0 Å². The molecule has 1 saturated heterocycles. The fourth-order valence-corrected chi connectivity index (χ4v) is 2.92. The summed E-state index contributed by atoms with van der Waals surface area (Å²) in [6.45, 7) is 6.92. The molecule has 0 spiro atoms. The quantitative estimate of drug-likeness (QED) is 0.901. The number of hydrogen-bond acceptors (Lipinski definition) is 4. The molecule has 1 aromatic rings. The Morgan fingerprint density at radius 2 is 2.31 bits per heavy atom. The topological polar surface area (TPSA) is 28.2 Å². The molecule has 0 radical (unpaired) electrons. The van der Waals surface area contributed by atoms with Gasteiger partial charge in [0.2, 0.25) is 0 Å². The van der Waals surface area contributed by atoms with E-state index in [0.717, 1.165) is 17.6 Å². The van der Waals surface area contributed by atoms with Gasteiger partial charge in [0.05, 0.1) is 0 Å². The summed E-state index contributed by atoms with van der Waals surface area (Å²) < 4.78 is 0. The largest absolute Gasteiger partial charge is 0.361 e. The lowest BCUT2D eigenvalue weighted by Crippen LogP contribution is -2.35. The summed E-state index contributed by atoms with van der Waals surface area (Å²) in [5, 5.41) is 6.78. The van der Waals surface area contributed by atoms with E-state index >= 15 is 0 Å². The van der Waals surface area contributed by atoms with Crippen LogP contribution in [0.25, 0.3) is 0 Å². The molecule has 3 nitrogen and oxygen atoms in total. The van der Waals surface area contributed by atoms with E-state index in [1.807, 2.05) is 5.38 Å². The van der Waals surface area contributed by atoms with E-state index in [1.165, 1.54) is 32.5 Å². The predicted molar refractivity (Wildman–Crippen MR) is 70.5 cm³/mol. The van der Waals surface area contributed by atoms with Crippen molar-refractivity contribution < 1.29 is 0 Å². The second-order valence-electron chi connectivity index (χ2n) is 4.23. The van der Waals surface area contributed by atoms with Crippen LogP contribution in [-0.2, 0) is 0 Å². The highest BCUT2D eigenvalue weighted by atomic mass is 35.5. The van der Waals surface area contributed by atoms with Crippen LogP contribution in [0.1, 0.15) is 19.8 Å². The SMILES string of the molecule is CCN1CCC(CNc2nc(Cl)cs2)CC1. The maximum atomic E-state index is 5.77. The summed E-state index contributed by atoms with van der Waals surface area (Å²) in [6.07, 6.45) is 2.58. The lowest BCUT2D eigenvalue weighted by atomic mass is 9.97. The molecule has 0 unspecified atom stereocenters. The van der Waals surface area contributed by atoms with Crippen LogP contribution in [0.15, 0.2) is 5.38 Å². The number of likely N-dealkylation sites (tertiary alicyclic amines) is 1. The van der Waals surface area contributed by atoms with E-state index in [4.69, 9.17) is 11.6 Å². The number of rotatable bonds is 4. The molecule has 1 aromatic heterocycles. The van der Waals surface area contributed by atoms with Crippen molar-refractivity contribution in [3.8, 4) is 0 Å². The number of nitrogens with one attached hydrogen (secondary N) is 1. The number of anilines is 1. The third-order valence-corrected chi connectivity index (χ3v) is 4.30. The number of nitrogens with zero attached hydrogens (tertiary/aromatic N) is 2. The Labute approximate surface area is 106 Å². The Kier molecular flexibility index (Phi) is 4.44. The molecular formula is C11H18ClN3S. The molecule has 0 atom stereocenters. The third-order valence-electron chi connectivity index (χ3n) is 3.17. The van der Waals surface area contributed by atoms with Crippen LogP contribution in [0.5, 0.6) is 0 Å². The molecule has 0 saturated carbocycles. The van der Waals surface area contributed by atoms with Crippen LogP contribution in [0, 0.1) is 5.92 Å². The Morgan fingerprint density at radius 1 is 1.56 bits per heavy atom. The summed E-state index contributed by atoms with van der Waals surface area (Å²) in [4.78, 5) is 6.70. The summed E-state index contributed by atoms with van der Waals surface area (Å²) in [5.41, 5.74) is 0. The molecule has 5 heteroatoms. The number of thiazole rings is 1. The highest BCUT2D eigenvalue weighted by Crippen LogP contribution is 2.21. The highest BCUT2D eigenvalue weighted by molar-refractivity contribution is 7.14. The van der Waals surface area contributed by atoms with Crippen molar-refractivity contribution in [3.05, 3.63) is 10.5 Å². The van der Waals surface area contributed by atoms with Crippen molar-refractivity contribution in [2.75, 3.05) is 31.5 Å². The second kappa shape index (κ2) is 5.84. The minimum absolute atomic E-state index is 0.591. The number of piperidine rings is 1. The fourth-order valence-electron chi connectivity index (χ4n) is 2.07. The Bertz CT molecular complexity index is 321. The van der Waals surface area contributed by atoms with Crippen molar-refractivity contribution in [1.82, 2.24) is 9.88 Å². The van der Waals surface area contributed by atoms with E-state index < -0.39 is 0 Å². The maximum absolute atomic E-state index is 5.77. The van der Waals surface area contributed by atoms with E-state index in [0.29, 0.717) is 5.15 Å². The van der Waals surface area contributed by atoms with Gasteiger partial charge in [0, 0.05) is 11.9 Å². The van der Waals surface area contributed by atoms with Crippen LogP contribution in [-0.4, -0.2) is 36.1 Å². The van der Waals surface area contributed by atoms with Gasteiger partial charge in [-0.1, -0.05) is 18.5 Å². The van der Waals surface area contributed by atoms with E-state index in [9.17, 15) is 0 Å². The minimum Gasteiger partial charge on any atom is -0.361 e. The molecule has 1 N–H and O–H groups in total. The van der Waals surface area contributed by atoms with Crippen molar-refractivity contribution in [2.24, 2.45) is 5.92 Å². The van der Waals surface area contributed by atoms with Crippen LogP contribution >= 0.6 is 22.9 Å². The maximum Gasteiger partial charge on any atom is 0.184 e. The molecule has 1 aliphatic rings. The molecule has 0 aliphatic carbocycles. The van der Waals surface area contributed by atoms with Crippen LogP contribution in [0.3, 0.4) is 0 Å². The van der Waals surface area contributed by atoms with Crippen LogP contribution in [0.2, 0.25) is 5.15 Å². The van der Waals surface area contributed by atoms with Crippen molar-refractivity contribution in [3.63, 3.8) is 0 Å². The summed E-state index contributed by atoms with van der Waals surface area (Å²) in [5.74, 6) is 0.783. The van der Waals surface area contributed by atoms with E-state index in [1.54, 1.807) is 11.3 Å². The molecular weight excluding hydrogens is 242 g/mol. The summed E-state index contributed by atoms with van der Waals surface area (Å²) in [6, 6.07) is 0. The van der Waals surface area contributed by atoms with Crippen molar-refractivity contribution in [2.45, 2.75) is 19.8 Å². The zero-order valence-corrected chi connectivity index (χ0v) is 11.2. The van der Waals surface area contributed by atoms with E-state index in [2.05, 4.69) is 22.1 Å². The Hall–Kier alpha value is -0.320. The molecule has 0 amide bonds. The summed E-state index contributed by atoms with van der Waals surface area (Å²) in [7, 11) is 0. The number of halogens is 1. The first-order valence-electron chi connectivity index (χ1n) is 5.85. The van der Waals surface area contributed by atoms with Gasteiger partial charge in [0.25, 0.3) is 0 Å². The Balaban J connectivity index is 1.71. The molecule has 1 aliphatic heterocycles. The van der Waals surface area contributed by atoms with Crippen molar-refractivity contribution >= 4 is 28.1 Å². The first-order valence-corrected chi connectivity index (χ1v) is 7.11. The highest BCUT2D eigenvalue weighted by Gasteiger charge is 2.17. The smallest absolute Gasteiger partial charge is 0.184 e. The van der Waals surface area contributed by atoms with Crippen LogP contribution in [0.4, 0.5) is 5.13 Å². The van der Waals surface area contributed by atoms with Gasteiger partial charge in [-0.05, 0) is 38.4 Å². The van der Waals surface area contributed by atoms with Gasteiger partial charge in [0.1, 0.15) is 5.15 Å². The van der Waals surface area contributed by atoms with Gasteiger partial charge in [-0.2, -0.15) is 0 Å². The third kappa shape index (κ3) is 3.34. The van der Waals surface area contributed by atoms with Gasteiger partial charge in [0.15, 0.2) is 5.13 Å². The lowest BCUT2D eigenvalue weighted by Gasteiger charge is -2.30. The number of hydrogen-bond donors (Lipinski definition) is 1. The Morgan fingerprint density at radius 3 is 2.88 bits per heavy atom. The molecule has 2 heterocycles. The van der Waals surface area contributed by atoms with E-state index in [-0.39, 0.29) is 0 Å². The average molecular weight is 260 g/mol. The van der Waals surface area contributed by atoms with Crippen LogP contribution < -0.4 is 5.32 Å². The van der Waals surface area contributed by atoms with Gasteiger partial charge in [-0.15, -0.1) is 11.3 Å². The molecule has 16 heavy (non-hydrogen) atoms. The molecule has 0 bridgehead atoms. The van der Waals surface area contributed by atoms with Gasteiger partial charge < -0.3 is 10.2 Å². The first-order chi connectivity index (χ1) is 7.78. The second-order valence-corrected chi connectivity index (χ2v) is 5.48. The average Bonchev–Trinajstić information content (AvgIpc) is 2.73. The zero-order valence-electron chi connectivity index (χ0n) is 9.58. The normalized spacial score (nSPS) is 18.9. The van der Waals surface area contributed by atoms with Gasteiger partial charge >= 0.3 is 0 Å². The minimum atomic E-state index is 0.591. The summed E-state index contributed by atoms with van der Waals surface area (Å²) >= 11 is 7.35.